The number of fused-ring (bicyclic) bond motifs is 1. The second-order valence-electron chi connectivity index (χ2n) is 9.89. The Kier molecular flexibility index (Phi) is 8.60. The van der Waals surface area contributed by atoms with E-state index in [1.807, 2.05) is 18.2 Å². The van der Waals surface area contributed by atoms with Gasteiger partial charge in [-0.25, -0.2) is 4.79 Å². The summed E-state index contributed by atoms with van der Waals surface area (Å²) in [5.74, 6) is 0.590. The molecular weight excluding hydrogens is 478 g/mol. The minimum absolute atomic E-state index is 0.105. The van der Waals surface area contributed by atoms with E-state index in [2.05, 4.69) is 30.5 Å². The highest BCUT2D eigenvalue weighted by Gasteiger charge is 2.38. The minimum Gasteiger partial charge on any atom is -0.491 e. The first-order valence-electron chi connectivity index (χ1n) is 12.7. The lowest BCUT2D eigenvalue weighted by Crippen LogP contribution is -2.43. The molecule has 0 aromatic heterocycles. The summed E-state index contributed by atoms with van der Waals surface area (Å²) in [6.45, 7) is 7.87. The topological polar surface area (TPSA) is 79.2 Å². The molecule has 5 atom stereocenters. The summed E-state index contributed by atoms with van der Waals surface area (Å²) in [5.41, 5.74) is 3.75. The lowest BCUT2D eigenvalue weighted by Gasteiger charge is -2.42. The predicted molar refractivity (Wildman–Crippen MR) is 142 cm³/mol. The van der Waals surface area contributed by atoms with Gasteiger partial charge in [0, 0.05) is 24.0 Å². The van der Waals surface area contributed by atoms with E-state index in [0.29, 0.717) is 30.4 Å². The van der Waals surface area contributed by atoms with Gasteiger partial charge in [-0.05, 0) is 72.1 Å². The highest BCUT2D eigenvalue weighted by molar-refractivity contribution is 6.30. The van der Waals surface area contributed by atoms with Crippen molar-refractivity contribution in [3.05, 3.63) is 70.8 Å². The monoisotopic (exact) mass is 513 g/mol. The average molecular weight is 514 g/mol. The SMILES string of the molecule is C=CC(O)C1CCC1CN1CC(c2ccc(Cl)cc2CCC)COc2ccc(C(O)C(=O)OC)cc21. The van der Waals surface area contributed by atoms with Crippen LogP contribution >= 0.6 is 11.6 Å². The van der Waals surface area contributed by atoms with Crippen LogP contribution in [0.4, 0.5) is 5.69 Å². The Morgan fingerprint density at radius 1 is 1.28 bits per heavy atom. The van der Waals surface area contributed by atoms with Crippen molar-refractivity contribution in [1.82, 2.24) is 0 Å². The molecule has 194 valence electrons. The van der Waals surface area contributed by atoms with E-state index in [1.165, 1.54) is 18.2 Å². The van der Waals surface area contributed by atoms with Gasteiger partial charge in [-0.15, -0.1) is 6.58 Å². The molecule has 4 rings (SSSR count). The van der Waals surface area contributed by atoms with Crippen molar-refractivity contribution in [3.63, 3.8) is 0 Å². The Morgan fingerprint density at radius 2 is 2.08 bits per heavy atom. The Bertz CT molecular complexity index is 1090. The van der Waals surface area contributed by atoms with Crippen LogP contribution in [-0.2, 0) is 16.0 Å². The largest absolute Gasteiger partial charge is 0.491 e. The Morgan fingerprint density at radius 3 is 2.75 bits per heavy atom. The zero-order valence-electron chi connectivity index (χ0n) is 21.0. The molecule has 2 aliphatic rings. The number of aliphatic hydroxyl groups is 2. The fourth-order valence-corrected chi connectivity index (χ4v) is 5.67. The number of carbonyl (C=O) groups excluding carboxylic acids is 1. The van der Waals surface area contributed by atoms with Crippen molar-refractivity contribution < 1.29 is 24.5 Å². The molecule has 0 saturated heterocycles. The van der Waals surface area contributed by atoms with Gasteiger partial charge in [0.15, 0.2) is 6.10 Å². The fourth-order valence-electron chi connectivity index (χ4n) is 5.48. The first-order chi connectivity index (χ1) is 17.4. The van der Waals surface area contributed by atoms with Gasteiger partial charge < -0.3 is 24.6 Å². The van der Waals surface area contributed by atoms with Crippen LogP contribution in [0.3, 0.4) is 0 Å². The maximum Gasteiger partial charge on any atom is 0.339 e. The number of benzene rings is 2. The molecule has 2 N–H and O–H groups in total. The molecule has 0 bridgehead atoms. The molecule has 36 heavy (non-hydrogen) atoms. The van der Waals surface area contributed by atoms with Gasteiger partial charge in [0.25, 0.3) is 0 Å². The number of aryl methyl sites for hydroxylation is 1. The molecule has 1 heterocycles. The minimum atomic E-state index is -1.37. The number of hydrogen-bond acceptors (Lipinski definition) is 6. The fraction of sp³-hybridized carbons (Fsp3) is 0.483. The average Bonchev–Trinajstić information content (AvgIpc) is 3.05. The zero-order valence-corrected chi connectivity index (χ0v) is 21.8. The lowest BCUT2D eigenvalue weighted by molar-refractivity contribution is -0.150. The van der Waals surface area contributed by atoms with E-state index in [4.69, 9.17) is 21.1 Å². The van der Waals surface area contributed by atoms with E-state index < -0.39 is 18.2 Å². The van der Waals surface area contributed by atoms with Crippen LogP contribution < -0.4 is 9.64 Å². The first-order valence-corrected chi connectivity index (χ1v) is 13.1. The summed E-state index contributed by atoms with van der Waals surface area (Å²) in [7, 11) is 1.26. The van der Waals surface area contributed by atoms with Crippen molar-refractivity contribution >= 4 is 23.3 Å². The zero-order chi connectivity index (χ0) is 25.8. The standard InChI is InChI=1S/C29H36ClNO5/c1-4-6-18-13-22(30)9-11-23(18)21-16-31(15-20-7-10-24(20)26(32)5-2)25-14-19(28(33)29(34)35-3)8-12-27(25)36-17-21/h5,8-9,11-14,20-21,24,26,28,32-33H,2,4,6-7,10,15-17H2,1,3H3. The highest BCUT2D eigenvalue weighted by Crippen LogP contribution is 2.42. The van der Waals surface area contributed by atoms with E-state index in [0.717, 1.165) is 42.9 Å². The third-order valence-electron chi connectivity index (χ3n) is 7.62. The van der Waals surface area contributed by atoms with Gasteiger partial charge in [0.1, 0.15) is 5.75 Å². The van der Waals surface area contributed by atoms with Gasteiger partial charge in [-0.1, -0.05) is 43.2 Å². The van der Waals surface area contributed by atoms with Gasteiger partial charge in [0.05, 0.1) is 25.5 Å². The van der Waals surface area contributed by atoms with E-state index in [1.54, 1.807) is 12.1 Å². The summed E-state index contributed by atoms with van der Waals surface area (Å²) < 4.78 is 11.1. The number of carbonyl (C=O) groups is 1. The Hall–Kier alpha value is -2.54. The predicted octanol–water partition coefficient (Wildman–Crippen LogP) is 5.05. The molecule has 0 spiro atoms. The van der Waals surface area contributed by atoms with Crippen molar-refractivity contribution in [3.8, 4) is 5.75 Å². The van der Waals surface area contributed by atoms with Crippen molar-refractivity contribution in [2.24, 2.45) is 11.8 Å². The van der Waals surface area contributed by atoms with Crippen LogP contribution in [0, 0.1) is 11.8 Å². The van der Waals surface area contributed by atoms with Gasteiger partial charge in [-0.2, -0.15) is 0 Å². The number of rotatable bonds is 9. The normalized spacial score (nSPS) is 22.9. The van der Waals surface area contributed by atoms with Crippen LogP contribution in [0.5, 0.6) is 5.75 Å². The van der Waals surface area contributed by atoms with Crippen molar-refractivity contribution in [2.75, 3.05) is 31.7 Å². The second-order valence-corrected chi connectivity index (χ2v) is 10.3. The van der Waals surface area contributed by atoms with Crippen molar-refractivity contribution in [2.45, 2.75) is 50.7 Å². The summed E-state index contributed by atoms with van der Waals surface area (Å²) >= 11 is 6.33. The van der Waals surface area contributed by atoms with Gasteiger partial charge >= 0.3 is 5.97 Å². The molecule has 1 fully saturated rings. The van der Waals surface area contributed by atoms with Crippen LogP contribution in [0.15, 0.2) is 49.1 Å². The number of hydrogen-bond donors (Lipinski definition) is 2. The molecule has 7 heteroatoms. The smallest absolute Gasteiger partial charge is 0.339 e. The molecular formula is C29H36ClNO5. The second kappa shape index (κ2) is 11.7. The molecule has 5 unspecified atom stereocenters. The number of aliphatic hydroxyl groups excluding tert-OH is 2. The maximum absolute atomic E-state index is 12.0. The summed E-state index contributed by atoms with van der Waals surface area (Å²) in [5, 5.41) is 21.7. The molecule has 1 saturated carbocycles. The van der Waals surface area contributed by atoms with Crippen LogP contribution in [-0.4, -0.2) is 49.1 Å². The number of methoxy groups -OCH3 is 1. The van der Waals surface area contributed by atoms with Crippen LogP contribution in [0.25, 0.3) is 0 Å². The van der Waals surface area contributed by atoms with Gasteiger partial charge in [-0.3, -0.25) is 0 Å². The molecule has 6 nitrogen and oxygen atoms in total. The molecule has 0 amide bonds. The van der Waals surface area contributed by atoms with E-state index >= 15 is 0 Å². The molecule has 1 aliphatic carbocycles. The van der Waals surface area contributed by atoms with E-state index in [9.17, 15) is 15.0 Å². The number of nitrogens with zero attached hydrogens (tertiary/aromatic N) is 1. The van der Waals surface area contributed by atoms with Crippen LogP contribution in [0.1, 0.15) is 54.9 Å². The number of anilines is 1. The third-order valence-corrected chi connectivity index (χ3v) is 7.86. The summed E-state index contributed by atoms with van der Waals surface area (Å²) in [4.78, 5) is 14.3. The Labute approximate surface area is 218 Å². The number of esters is 1. The first kappa shape index (κ1) is 26.5. The number of halogens is 1. The summed E-state index contributed by atoms with van der Waals surface area (Å²) in [6, 6.07) is 11.4. The molecule has 2 aromatic carbocycles. The molecule has 2 aromatic rings. The third kappa shape index (κ3) is 5.56. The van der Waals surface area contributed by atoms with Crippen molar-refractivity contribution in [1.29, 1.82) is 0 Å². The quantitative estimate of drug-likeness (QED) is 0.360. The number of ether oxygens (including phenoxy) is 2. The van der Waals surface area contributed by atoms with Gasteiger partial charge in [0.2, 0.25) is 0 Å². The highest BCUT2D eigenvalue weighted by atomic mass is 35.5. The van der Waals surface area contributed by atoms with Crippen LogP contribution in [0.2, 0.25) is 5.02 Å². The summed E-state index contributed by atoms with van der Waals surface area (Å²) in [6.07, 6.45) is 3.68. The lowest BCUT2D eigenvalue weighted by atomic mass is 9.70. The Balaban J connectivity index is 1.70. The van der Waals surface area contributed by atoms with E-state index in [-0.39, 0.29) is 11.8 Å². The maximum atomic E-state index is 12.0. The molecule has 0 radical (unpaired) electrons. The molecule has 1 aliphatic heterocycles.